The van der Waals surface area contributed by atoms with E-state index in [9.17, 15) is 9.18 Å². The quantitative estimate of drug-likeness (QED) is 0.657. The van der Waals surface area contributed by atoms with Gasteiger partial charge in [-0.25, -0.2) is 9.07 Å². The molecule has 2 aliphatic rings. The third-order valence-electron chi connectivity index (χ3n) is 4.62. The minimum absolute atomic E-state index is 0.105. The summed E-state index contributed by atoms with van der Waals surface area (Å²) in [4.78, 5) is 12.4. The molecule has 1 aliphatic carbocycles. The summed E-state index contributed by atoms with van der Waals surface area (Å²) in [5.41, 5.74) is 1.89. The highest BCUT2D eigenvalue weighted by molar-refractivity contribution is 9.10. The summed E-state index contributed by atoms with van der Waals surface area (Å²) in [5.74, 6) is -0.604. The van der Waals surface area contributed by atoms with E-state index >= 15 is 0 Å². The lowest BCUT2D eigenvalue weighted by atomic mass is 9.88. The lowest BCUT2D eigenvalue weighted by molar-refractivity contribution is -0.0366. The maximum atomic E-state index is 14.3. The van der Waals surface area contributed by atoms with Gasteiger partial charge in [0, 0.05) is 24.0 Å². The van der Waals surface area contributed by atoms with E-state index in [4.69, 9.17) is 16.3 Å². The predicted molar refractivity (Wildman–Crippen MR) is 89.0 cm³/mol. The molecule has 0 bridgehead atoms. The van der Waals surface area contributed by atoms with E-state index in [0.29, 0.717) is 11.8 Å². The molecular weight excluding hydrogens is 387 g/mol. The highest BCUT2D eigenvalue weighted by atomic mass is 79.9. The van der Waals surface area contributed by atoms with Crippen molar-refractivity contribution in [1.82, 2.24) is 9.78 Å². The molecule has 2 aromatic rings. The summed E-state index contributed by atoms with van der Waals surface area (Å²) in [7, 11) is 0. The van der Waals surface area contributed by atoms with Gasteiger partial charge >= 0.3 is 0 Å². The van der Waals surface area contributed by atoms with Crippen molar-refractivity contribution in [3.63, 3.8) is 0 Å². The van der Waals surface area contributed by atoms with Gasteiger partial charge in [-0.3, -0.25) is 4.79 Å². The van der Waals surface area contributed by atoms with E-state index in [1.165, 1.54) is 0 Å². The van der Waals surface area contributed by atoms with E-state index in [1.807, 2.05) is 10.7 Å². The van der Waals surface area contributed by atoms with Gasteiger partial charge in [0.25, 0.3) is 0 Å². The van der Waals surface area contributed by atoms with Crippen molar-refractivity contribution in [2.75, 3.05) is 6.61 Å². The number of benzene rings is 1. The van der Waals surface area contributed by atoms with Crippen LogP contribution in [0.15, 0.2) is 12.3 Å². The van der Waals surface area contributed by atoms with Crippen molar-refractivity contribution in [3.05, 3.63) is 28.4 Å². The van der Waals surface area contributed by atoms with E-state index in [0.717, 1.165) is 36.9 Å². The first-order chi connectivity index (χ1) is 11.0. The summed E-state index contributed by atoms with van der Waals surface area (Å²) < 4.78 is 19.9. The number of nitrogens with zero attached hydrogens (tertiary/aromatic N) is 2. The number of ketones is 1. The Morgan fingerprint density at radius 2 is 2.30 bits per heavy atom. The Bertz CT molecular complexity index is 799. The predicted octanol–water partition coefficient (Wildman–Crippen LogP) is 4.58. The molecule has 1 saturated heterocycles. The fourth-order valence-corrected chi connectivity index (χ4v) is 4.12. The van der Waals surface area contributed by atoms with E-state index in [1.54, 1.807) is 6.20 Å². The van der Waals surface area contributed by atoms with E-state index in [-0.39, 0.29) is 23.2 Å². The molecule has 1 fully saturated rings. The SMILES string of the molecule is O=C1c2c(cc3c(cnn3C3CCCCO3)c2Cl)CCC1(F)Br. The Labute approximate surface area is 146 Å². The first kappa shape index (κ1) is 15.5. The van der Waals surface area contributed by atoms with Crippen molar-refractivity contribution in [3.8, 4) is 0 Å². The van der Waals surface area contributed by atoms with E-state index in [2.05, 4.69) is 21.0 Å². The first-order valence-electron chi connectivity index (χ1n) is 7.72. The lowest BCUT2D eigenvalue weighted by Gasteiger charge is -2.26. The number of aryl methyl sites for hydroxylation is 1. The van der Waals surface area contributed by atoms with Crippen LogP contribution in [0, 0.1) is 0 Å². The molecule has 4 rings (SSSR count). The summed E-state index contributed by atoms with van der Waals surface area (Å²) >= 11 is 9.31. The molecule has 0 saturated carbocycles. The highest BCUT2D eigenvalue weighted by Gasteiger charge is 2.42. The van der Waals surface area contributed by atoms with Gasteiger partial charge in [-0.2, -0.15) is 5.10 Å². The molecule has 0 spiro atoms. The largest absolute Gasteiger partial charge is 0.356 e. The number of carbonyl (C=O) groups is 1. The molecule has 2 unspecified atom stereocenters. The van der Waals surface area contributed by atoms with Crippen molar-refractivity contribution < 1.29 is 13.9 Å². The maximum absolute atomic E-state index is 14.3. The normalized spacial score (nSPS) is 28.1. The van der Waals surface area contributed by atoms with Crippen molar-refractivity contribution in [2.24, 2.45) is 0 Å². The van der Waals surface area contributed by atoms with Crippen LogP contribution in [0.25, 0.3) is 10.9 Å². The number of halogens is 3. The molecule has 4 nitrogen and oxygen atoms in total. The van der Waals surface area contributed by atoms with Crippen molar-refractivity contribution in [2.45, 2.75) is 42.9 Å². The zero-order valence-electron chi connectivity index (χ0n) is 12.3. The molecule has 122 valence electrons. The molecule has 1 aliphatic heterocycles. The summed E-state index contributed by atoms with van der Waals surface area (Å²) in [6.45, 7) is 0.719. The van der Waals surface area contributed by atoms with Gasteiger partial charge in [0.05, 0.1) is 16.7 Å². The number of hydrogen-bond acceptors (Lipinski definition) is 3. The van der Waals surface area contributed by atoms with Crippen molar-refractivity contribution in [1.29, 1.82) is 0 Å². The molecule has 0 N–H and O–H groups in total. The van der Waals surface area contributed by atoms with Gasteiger partial charge in [-0.1, -0.05) is 11.6 Å². The molecular formula is C16H15BrClFN2O2. The van der Waals surface area contributed by atoms with Gasteiger partial charge in [0.2, 0.25) is 10.4 Å². The number of Topliss-reactive ketones (excluding diaryl/α,β-unsaturated/α-hetero) is 1. The van der Waals surface area contributed by atoms with Crippen LogP contribution < -0.4 is 0 Å². The number of hydrogen-bond donors (Lipinski definition) is 0. The summed E-state index contributed by atoms with van der Waals surface area (Å²) in [6.07, 6.45) is 5.14. The molecule has 1 aromatic carbocycles. The Kier molecular flexibility index (Phi) is 3.74. The molecule has 23 heavy (non-hydrogen) atoms. The van der Waals surface area contributed by atoms with Crippen LogP contribution in [0.5, 0.6) is 0 Å². The standard InChI is InChI=1S/C16H15BrClFN2O2/c17-16(19)5-4-9-7-11-10(14(18)13(9)15(16)22)8-20-21(11)12-3-1-2-6-23-12/h7-8,12H,1-6H2. The minimum atomic E-state index is -2.03. The second-order valence-corrected chi connectivity index (χ2v) is 7.74. The third kappa shape index (κ3) is 2.42. The third-order valence-corrected chi connectivity index (χ3v) is 5.77. The number of aromatic nitrogens is 2. The Balaban J connectivity index is 1.87. The smallest absolute Gasteiger partial charge is 0.227 e. The summed E-state index contributed by atoms with van der Waals surface area (Å²) in [6, 6.07) is 1.90. The van der Waals surface area contributed by atoms with Crippen molar-refractivity contribution >= 4 is 44.2 Å². The lowest BCUT2D eigenvalue weighted by Crippen LogP contribution is -2.33. The Morgan fingerprint density at radius 1 is 1.48 bits per heavy atom. The number of alkyl halides is 2. The average molecular weight is 402 g/mol. The topological polar surface area (TPSA) is 44.1 Å². The van der Waals surface area contributed by atoms with Crippen LogP contribution in [-0.4, -0.2) is 26.7 Å². The average Bonchev–Trinajstić information content (AvgIpc) is 2.96. The fourth-order valence-electron chi connectivity index (χ4n) is 3.37. The monoisotopic (exact) mass is 400 g/mol. The summed E-state index contributed by atoms with van der Waals surface area (Å²) in [5, 5.41) is 5.35. The Hall–Kier alpha value is -0.980. The van der Waals surface area contributed by atoms with Gasteiger partial charge in [0.15, 0.2) is 6.23 Å². The second kappa shape index (κ2) is 5.53. The maximum Gasteiger partial charge on any atom is 0.227 e. The molecule has 0 amide bonds. The van der Waals surface area contributed by atoms with E-state index < -0.39 is 10.4 Å². The molecule has 2 atom stereocenters. The second-order valence-electron chi connectivity index (χ2n) is 6.10. The van der Waals surface area contributed by atoms with Gasteiger partial charge in [-0.05, 0) is 53.2 Å². The number of ether oxygens (including phenoxy) is 1. The first-order valence-corrected chi connectivity index (χ1v) is 8.89. The zero-order valence-corrected chi connectivity index (χ0v) is 14.7. The van der Waals surface area contributed by atoms with Crippen LogP contribution in [0.1, 0.15) is 47.8 Å². The minimum Gasteiger partial charge on any atom is -0.356 e. The van der Waals surface area contributed by atoms with Crippen LogP contribution in [-0.2, 0) is 11.2 Å². The molecule has 0 radical (unpaired) electrons. The number of rotatable bonds is 1. The van der Waals surface area contributed by atoms with Crippen LogP contribution in [0.3, 0.4) is 0 Å². The molecule has 2 heterocycles. The van der Waals surface area contributed by atoms with Crippen LogP contribution >= 0.6 is 27.5 Å². The van der Waals surface area contributed by atoms with Crippen LogP contribution in [0.2, 0.25) is 5.02 Å². The zero-order chi connectivity index (χ0) is 16.2. The molecule has 1 aromatic heterocycles. The number of fused-ring (bicyclic) bond motifs is 2. The fraction of sp³-hybridized carbons (Fsp3) is 0.500. The van der Waals surface area contributed by atoms with Crippen LogP contribution in [0.4, 0.5) is 4.39 Å². The molecule has 7 heteroatoms. The Morgan fingerprint density at radius 3 is 3.04 bits per heavy atom. The highest BCUT2D eigenvalue weighted by Crippen LogP contribution is 2.42. The van der Waals surface area contributed by atoms with Gasteiger partial charge in [-0.15, -0.1) is 0 Å². The van der Waals surface area contributed by atoms with Gasteiger partial charge < -0.3 is 4.74 Å². The van der Waals surface area contributed by atoms with Gasteiger partial charge in [0.1, 0.15) is 0 Å². The number of carbonyl (C=O) groups excluding carboxylic acids is 1.